The van der Waals surface area contributed by atoms with Gasteiger partial charge in [0.1, 0.15) is 28.9 Å². The molecule has 6 nitrogen and oxygen atoms in total. The van der Waals surface area contributed by atoms with Crippen LogP contribution in [0.1, 0.15) is 31.9 Å². The summed E-state index contributed by atoms with van der Waals surface area (Å²) in [5.41, 5.74) is -2.61. The number of ether oxygens (including phenoxy) is 1. The van der Waals surface area contributed by atoms with Gasteiger partial charge in [-0.25, -0.2) is 22.4 Å². The Bertz CT molecular complexity index is 1100. The van der Waals surface area contributed by atoms with E-state index in [-0.39, 0.29) is 13.1 Å². The lowest BCUT2D eigenvalue weighted by atomic mass is 9.95. The van der Waals surface area contributed by atoms with E-state index >= 15 is 0 Å². The molecule has 3 amide bonds. The van der Waals surface area contributed by atoms with E-state index in [4.69, 9.17) is 4.74 Å². The molecule has 1 aliphatic rings. The van der Waals surface area contributed by atoms with E-state index in [1.54, 1.807) is 20.8 Å². The van der Waals surface area contributed by atoms with Crippen LogP contribution in [0.3, 0.4) is 0 Å². The average molecular weight is 464 g/mol. The van der Waals surface area contributed by atoms with Gasteiger partial charge >= 0.3 is 6.09 Å². The van der Waals surface area contributed by atoms with Gasteiger partial charge in [-0.15, -0.1) is 0 Å². The molecular weight excluding hydrogens is 444 g/mol. The summed E-state index contributed by atoms with van der Waals surface area (Å²) in [5, 5.41) is 2.38. The average Bonchev–Trinajstić information content (AvgIpc) is 2.91. The van der Waals surface area contributed by atoms with E-state index in [1.807, 2.05) is 0 Å². The zero-order valence-electron chi connectivity index (χ0n) is 18.0. The van der Waals surface area contributed by atoms with Crippen molar-refractivity contribution in [1.82, 2.24) is 10.2 Å². The van der Waals surface area contributed by atoms with Crippen molar-refractivity contribution in [3.8, 4) is 0 Å². The molecule has 0 radical (unpaired) electrons. The van der Waals surface area contributed by atoms with Gasteiger partial charge in [-0.2, -0.15) is 0 Å². The molecule has 0 atom stereocenters. The molecule has 0 spiro atoms. The third-order valence-electron chi connectivity index (χ3n) is 4.57. The van der Waals surface area contributed by atoms with Crippen LogP contribution in [-0.4, -0.2) is 41.5 Å². The second-order valence-electron chi connectivity index (χ2n) is 8.19. The van der Waals surface area contributed by atoms with Crippen molar-refractivity contribution in [3.63, 3.8) is 0 Å². The van der Waals surface area contributed by atoms with Crippen molar-refractivity contribution in [2.24, 2.45) is 0 Å². The number of alkyl carbamates (subject to hydrolysis) is 1. The predicted molar refractivity (Wildman–Crippen MR) is 110 cm³/mol. The summed E-state index contributed by atoms with van der Waals surface area (Å²) in [7, 11) is 0. The molecule has 0 unspecified atom stereocenters. The smallest absolute Gasteiger partial charge is 0.407 e. The van der Waals surface area contributed by atoms with Crippen LogP contribution in [0.25, 0.3) is 11.1 Å². The molecule has 0 saturated heterocycles. The fraction of sp³-hybridized carbons (Fsp3) is 0.261. The minimum absolute atomic E-state index is 0.204. The molecule has 1 aliphatic heterocycles. The first-order chi connectivity index (χ1) is 15.4. The number of carbonyl (C=O) groups is 3. The molecule has 3 rings (SSSR count). The van der Waals surface area contributed by atoms with Gasteiger partial charge in [0.25, 0.3) is 11.8 Å². The summed E-state index contributed by atoms with van der Waals surface area (Å²) in [6, 6.07) is 4.71. The molecule has 10 heteroatoms. The largest absolute Gasteiger partial charge is 0.444 e. The minimum atomic E-state index is -1.14. The first-order valence-electron chi connectivity index (χ1n) is 9.87. The number of rotatable bonds is 5. The van der Waals surface area contributed by atoms with Gasteiger partial charge in [-0.3, -0.25) is 14.5 Å². The van der Waals surface area contributed by atoms with E-state index in [0.29, 0.717) is 17.0 Å². The standard InChI is InChI=1S/C23H20F4N2O4/c1-23(2,3)33-22(32)28-8-9-29-20(30)18(14-6-4-12(24)10-16(14)26)19(21(29)31)15-7-5-13(25)11-17(15)27/h4-7,10-11H,8-9H2,1-3H3,(H,28,32). The lowest BCUT2D eigenvalue weighted by Gasteiger charge is -2.20. The molecule has 0 saturated carbocycles. The van der Waals surface area contributed by atoms with Crippen LogP contribution in [0.15, 0.2) is 36.4 Å². The molecule has 0 bridgehead atoms. The maximum atomic E-state index is 14.5. The zero-order valence-corrected chi connectivity index (χ0v) is 18.0. The minimum Gasteiger partial charge on any atom is -0.444 e. The van der Waals surface area contributed by atoms with E-state index < -0.39 is 69.1 Å². The van der Waals surface area contributed by atoms with E-state index in [9.17, 15) is 31.9 Å². The van der Waals surface area contributed by atoms with Crippen LogP contribution in [0.4, 0.5) is 22.4 Å². The fourth-order valence-electron chi connectivity index (χ4n) is 3.25. The van der Waals surface area contributed by atoms with Crippen molar-refractivity contribution in [2.75, 3.05) is 13.1 Å². The first kappa shape index (κ1) is 24.0. The summed E-state index contributed by atoms with van der Waals surface area (Å²) >= 11 is 0. The van der Waals surface area contributed by atoms with Crippen molar-refractivity contribution in [1.29, 1.82) is 0 Å². The maximum Gasteiger partial charge on any atom is 0.407 e. The lowest BCUT2D eigenvalue weighted by Crippen LogP contribution is -2.40. The Morgan fingerprint density at radius 2 is 1.33 bits per heavy atom. The normalized spacial score (nSPS) is 14.2. The number of nitrogens with zero attached hydrogens (tertiary/aromatic N) is 1. The van der Waals surface area contributed by atoms with Gasteiger partial charge in [-0.05, 0) is 45.0 Å². The molecule has 2 aromatic carbocycles. The number of benzene rings is 2. The molecule has 174 valence electrons. The van der Waals surface area contributed by atoms with Gasteiger partial charge in [-0.1, -0.05) is 0 Å². The number of halogens is 4. The fourth-order valence-corrected chi connectivity index (χ4v) is 3.25. The van der Waals surface area contributed by atoms with Crippen LogP contribution in [0.5, 0.6) is 0 Å². The monoisotopic (exact) mass is 464 g/mol. The highest BCUT2D eigenvalue weighted by molar-refractivity contribution is 6.49. The van der Waals surface area contributed by atoms with Gasteiger partial charge in [0.15, 0.2) is 0 Å². The van der Waals surface area contributed by atoms with Gasteiger partial charge < -0.3 is 10.1 Å². The Morgan fingerprint density at radius 1 is 0.879 bits per heavy atom. The molecule has 0 fully saturated rings. The van der Waals surface area contributed by atoms with Crippen molar-refractivity contribution in [2.45, 2.75) is 26.4 Å². The quantitative estimate of drug-likeness (QED) is 0.535. The lowest BCUT2D eigenvalue weighted by molar-refractivity contribution is -0.135. The van der Waals surface area contributed by atoms with Crippen LogP contribution < -0.4 is 5.32 Å². The summed E-state index contributed by atoms with van der Waals surface area (Å²) < 4.78 is 60.9. The Balaban J connectivity index is 1.97. The number of amides is 3. The molecule has 0 aliphatic carbocycles. The summed E-state index contributed by atoms with van der Waals surface area (Å²) in [5.74, 6) is -6.06. The highest BCUT2D eigenvalue weighted by Crippen LogP contribution is 2.37. The zero-order chi connectivity index (χ0) is 24.5. The highest BCUT2D eigenvalue weighted by atomic mass is 19.1. The van der Waals surface area contributed by atoms with Crippen LogP contribution in [0, 0.1) is 23.3 Å². The van der Waals surface area contributed by atoms with Crippen molar-refractivity contribution >= 4 is 29.1 Å². The maximum absolute atomic E-state index is 14.5. The second kappa shape index (κ2) is 9.05. The third-order valence-corrected chi connectivity index (χ3v) is 4.57. The van der Waals surface area contributed by atoms with Crippen LogP contribution >= 0.6 is 0 Å². The third kappa shape index (κ3) is 5.21. The number of nitrogens with one attached hydrogen (secondary N) is 1. The van der Waals surface area contributed by atoms with Crippen molar-refractivity contribution < 1.29 is 36.7 Å². The van der Waals surface area contributed by atoms with Crippen LogP contribution in [-0.2, 0) is 14.3 Å². The molecule has 33 heavy (non-hydrogen) atoms. The number of hydrogen-bond donors (Lipinski definition) is 1. The van der Waals surface area contributed by atoms with Crippen molar-refractivity contribution in [3.05, 3.63) is 70.8 Å². The Hall–Kier alpha value is -3.69. The van der Waals surface area contributed by atoms with Gasteiger partial charge in [0, 0.05) is 36.3 Å². The Kier molecular flexibility index (Phi) is 6.57. The Morgan fingerprint density at radius 3 is 1.73 bits per heavy atom. The first-order valence-corrected chi connectivity index (χ1v) is 9.87. The molecule has 1 N–H and O–H groups in total. The molecule has 1 heterocycles. The van der Waals surface area contributed by atoms with Crippen LogP contribution in [0.2, 0.25) is 0 Å². The molecular formula is C23H20F4N2O4. The van der Waals surface area contributed by atoms with Gasteiger partial charge in [0.2, 0.25) is 0 Å². The second-order valence-corrected chi connectivity index (χ2v) is 8.19. The molecule has 0 aromatic heterocycles. The highest BCUT2D eigenvalue weighted by Gasteiger charge is 2.41. The van der Waals surface area contributed by atoms with E-state index in [0.717, 1.165) is 24.3 Å². The molecule has 2 aromatic rings. The van der Waals surface area contributed by atoms with Gasteiger partial charge in [0.05, 0.1) is 11.1 Å². The summed E-state index contributed by atoms with van der Waals surface area (Å²) in [6.45, 7) is 4.41. The summed E-state index contributed by atoms with van der Waals surface area (Å²) in [6.07, 6.45) is -0.788. The SMILES string of the molecule is CC(C)(C)OC(=O)NCCN1C(=O)C(c2ccc(F)cc2F)=C(c2ccc(F)cc2F)C1=O. The topological polar surface area (TPSA) is 75.7 Å². The summed E-state index contributed by atoms with van der Waals surface area (Å²) in [4.78, 5) is 38.6. The number of hydrogen-bond acceptors (Lipinski definition) is 4. The number of carbonyl (C=O) groups excluding carboxylic acids is 3. The van der Waals surface area contributed by atoms with E-state index in [2.05, 4.69) is 5.32 Å². The Labute approximate surface area is 186 Å². The number of imide groups is 1. The van der Waals surface area contributed by atoms with E-state index in [1.165, 1.54) is 0 Å². The predicted octanol–water partition coefficient (Wildman–Crippen LogP) is 4.05.